The van der Waals surface area contributed by atoms with Crippen LogP contribution < -0.4 is 10.2 Å². The number of piperidine rings is 2. The maximum atomic E-state index is 13.1. The maximum absolute atomic E-state index is 13.1. The third kappa shape index (κ3) is 6.60. The Bertz CT molecular complexity index is 1230. The topological polar surface area (TPSA) is 65.5 Å². The fourth-order valence-electron chi connectivity index (χ4n) is 5.61. The molecule has 2 fully saturated rings. The van der Waals surface area contributed by atoms with Gasteiger partial charge in [-0.3, -0.25) is 14.6 Å². The number of rotatable bonds is 7. The first-order valence-corrected chi connectivity index (χ1v) is 14.0. The minimum absolute atomic E-state index is 0.00293. The minimum Gasteiger partial charge on any atom is -0.372 e. The van der Waals surface area contributed by atoms with E-state index in [2.05, 4.69) is 39.5 Å². The quantitative estimate of drug-likeness (QED) is 0.425. The molecule has 0 unspecified atom stereocenters. The molecule has 6 nitrogen and oxygen atoms in total. The monoisotopic (exact) mass is 510 g/mol. The summed E-state index contributed by atoms with van der Waals surface area (Å²) in [5.41, 5.74) is 6.00. The van der Waals surface area contributed by atoms with Gasteiger partial charge in [0.2, 0.25) is 5.91 Å². The Morgan fingerprint density at radius 2 is 1.58 bits per heavy atom. The van der Waals surface area contributed by atoms with Gasteiger partial charge in [0, 0.05) is 60.9 Å². The molecule has 0 radical (unpaired) electrons. The molecule has 0 atom stereocenters. The van der Waals surface area contributed by atoms with E-state index in [4.69, 9.17) is 0 Å². The number of aryl methyl sites for hydroxylation is 2. The van der Waals surface area contributed by atoms with E-state index < -0.39 is 0 Å². The highest BCUT2D eigenvalue weighted by atomic mass is 16.2. The smallest absolute Gasteiger partial charge is 0.253 e. The molecule has 0 spiro atoms. The second-order valence-electron chi connectivity index (χ2n) is 10.6. The van der Waals surface area contributed by atoms with Crippen LogP contribution in [0.25, 0.3) is 0 Å². The van der Waals surface area contributed by atoms with Gasteiger partial charge in [-0.25, -0.2) is 0 Å². The molecule has 0 aliphatic carbocycles. The first-order valence-electron chi connectivity index (χ1n) is 14.0. The first kappa shape index (κ1) is 26.0. The van der Waals surface area contributed by atoms with E-state index in [1.54, 1.807) is 0 Å². The molecule has 5 rings (SSSR count). The number of aromatic nitrogens is 1. The molecular formula is C32H38N4O2. The Morgan fingerprint density at radius 1 is 0.868 bits per heavy atom. The number of hydrogen-bond acceptors (Lipinski definition) is 4. The van der Waals surface area contributed by atoms with Gasteiger partial charge >= 0.3 is 0 Å². The van der Waals surface area contributed by atoms with E-state index in [9.17, 15) is 9.59 Å². The van der Waals surface area contributed by atoms with E-state index in [1.807, 2.05) is 54.3 Å². The van der Waals surface area contributed by atoms with Crippen LogP contribution in [-0.2, 0) is 11.2 Å². The number of nitrogens with zero attached hydrogens (tertiary/aromatic N) is 3. The number of benzene rings is 2. The third-order valence-electron chi connectivity index (χ3n) is 7.84. The summed E-state index contributed by atoms with van der Waals surface area (Å²) in [6.45, 7) is 5.72. The van der Waals surface area contributed by atoms with Crippen LogP contribution in [0.2, 0.25) is 0 Å². The van der Waals surface area contributed by atoms with Crippen LogP contribution in [0.3, 0.4) is 0 Å². The lowest BCUT2D eigenvalue weighted by molar-refractivity contribution is -0.116. The Kier molecular flexibility index (Phi) is 8.37. The molecule has 2 aliphatic rings. The van der Waals surface area contributed by atoms with Crippen molar-refractivity contribution in [3.05, 3.63) is 89.2 Å². The third-order valence-corrected chi connectivity index (χ3v) is 7.84. The first-order chi connectivity index (χ1) is 18.5. The van der Waals surface area contributed by atoms with Crippen molar-refractivity contribution in [3.63, 3.8) is 0 Å². The Labute approximate surface area is 226 Å². The van der Waals surface area contributed by atoms with E-state index >= 15 is 0 Å². The summed E-state index contributed by atoms with van der Waals surface area (Å²) in [7, 11) is 0. The van der Waals surface area contributed by atoms with Crippen LogP contribution >= 0.6 is 0 Å². The molecule has 198 valence electrons. The van der Waals surface area contributed by atoms with Gasteiger partial charge in [-0.05, 0) is 105 Å². The Morgan fingerprint density at radius 3 is 2.26 bits per heavy atom. The number of likely N-dealkylation sites (tertiary alicyclic amines) is 1. The average molecular weight is 511 g/mol. The molecule has 0 bridgehead atoms. The zero-order valence-corrected chi connectivity index (χ0v) is 22.4. The fourth-order valence-corrected chi connectivity index (χ4v) is 5.61. The molecule has 2 aromatic carbocycles. The number of anilines is 2. The van der Waals surface area contributed by atoms with Crippen LogP contribution in [0.15, 0.2) is 66.7 Å². The van der Waals surface area contributed by atoms with Crippen molar-refractivity contribution in [2.75, 3.05) is 36.4 Å². The fraction of sp³-hybridized carbons (Fsp3) is 0.406. The summed E-state index contributed by atoms with van der Waals surface area (Å²) in [5.74, 6) is 0.557. The highest BCUT2D eigenvalue weighted by Gasteiger charge is 2.25. The number of pyridine rings is 1. The zero-order valence-electron chi connectivity index (χ0n) is 22.4. The molecule has 2 aliphatic heterocycles. The number of carbonyl (C=O) groups is 2. The molecule has 1 N–H and O–H groups in total. The van der Waals surface area contributed by atoms with Gasteiger partial charge in [0.05, 0.1) is 0 Å². The van der Waals surface area contributed by atoms with Gasteiger partial charge in [-0.15, -0.1) is 0 Å². The highest BCUT2D eigenvalue weighted by Crippen LogP contribution is 2.30. The molecule has 0 saturated carbocycles. The van der Waals surface area contributed by atoms with Gasteiger partial charge in [0.15, 0.2) is 0 Å². The maximum Gasteiger partial charge on any atom is 0.253 e. The predicted octanol–water partition coefficient (Wildman–Crippen LogP) is 5.97. The summed E-state index contributed by atoms with van der Waals surface area (Å²) in [6.07, 6.45) is 6.76. The van der Waals surface area contributed by atoms with E-state index in [0.29, 0.717) is 18.8 Å². The molecule has 3 heterocycles. The predicted molar refractivity (Wildman–Crippen MR) is 153 cm³/mol. The second-order valence-corrected chi connectivity index (χ2v) is 10.6. The second kappa shape index (κ2) is 12.2. The van der Waals surface area contributed by atoms with Crippen LogP contribution in [0, 0.1) is 6.92 Å². The van der Waals surface area contributed by atoms with Crippen molar-refractivity contribution in [3.8, 4) is 0 Å². The number of hydrogen-bond donors (Lipinski definition) is 1. The number of amides is 2. The minimum atomic E-state index is -0.00293. The largest absolute Gasteiger partial charge is 0.372 e. The van der Waals surface area contributed by atoms with Gasteiger partial charge in [0.25, 0.3) is 5.91 Å². The number of carbonyl (C=O) groups excluding carboxylic acids is 2. The summed E-state index contributed by atoms with van der Waals surface area (Å²) < 4.78 is 0. The van der Waals surface area contributed by atoms with E-state index in [0.717, 1.165) is 61.7 Å². The van der Waals surface area contributed by atoms with Crippen molar-refractivity contribution < 1.29 is 9.59 Å². The molecule has 2 saturated heterocycles. The standard InChI is InChI=1S/C32H38N4O2/c1-24-6-5-7-28(33-24)14-17-31(37)34-29-12-8-25(9-13-29)26-18-22-36(23-19-26)32(38)27-10-15-30(16-11-27)35-20-3-2-4-21-35/h5-13,15-16,26H,2-4,14,17-23H2,1H3,(H,34,37). The SMILES string of the molecule is Cc1cccc(CCC(=O)Nc2ccc(C3CCN(C(=O)c4ccc(N5CCCCC5)cc4)CC3)cc2)n1. The molecule has 1 aromatic heterocycles. The van der Waals surface area contributed by atoms with Gasteiger partial charge in [0.1, 0.15) is 0 Å². The number of nitrogens with one attached hydrogen (secondary N) is 1. The van der Waals surface area contributed by atoms with Crippen LogP contribution in [-0.4, -0.2) is 47.9 Å². The molecule has 38 heavy (non-hydrogen) atoms. The zero-order chi connectivity index (χ0) is 26.3. The highest BCUT2D eigenvalue weighted by molar-refractivity contribution is 5.94. The van der Waals surface area contributed by atoms with Gasteiger partial charge in [-0.1, -0.05) is 18.2 Å². The molecule has 3 aromatic rings. The lowest BCUT2D eigenvalue weighted by Crippen LogP contribution is -2.38. The summed E-state index contributed by atoms with van der Waals surface area (Å²) in [6, 6.07) is 22.3. The molecule has 6 heteroatoms. The van der Waals surface area contributed by atoms with Crippen LogP contribution in [0.4, 0.5) is 11.4 Å². The van der Waals surface area contributed by atoms with Crippen molar-refractivity contribution in [1.29, 1.82) is 0 Å². The summed E-state index contributed by atoms with van der Waals surface area (Å²) >= 11 is 0. The van der Waals surface area contributed by atoms with Crippen LogP contribution in [0.5, 0.6) is 0 Å². The van der Waals surface area contributed by atoms with Gasteiger partial charge < -0.3 is 15.1 Å². The lowest BCUT2D eigenvalue weighted by atomic mass is 9.89. The van der Waals surface area contributed by atoms with E-state index in [-0.39, 0.29) is 11.8 Å². The van der Waals surface area contributed by atoms with Crippen molar-refractivity contribution in [2.24, 2.45) is 0 Å². The summed E-state index contributed by atoms with van der Waals surface area (Å²) in [5, 5.41) is 3.00. The lowest BCUT2D eigenvalue weighted by Gasteiger charge is -2.32. The Hall–Kier alpha value is -3.67. The normalized spacial score (nSPS) is 16.3. The summed E-state index contributed by atoms with van der Waals surface area (Å²) in [4.78, 5) is 34.4. The molecule has 2 amide bonds. The van der Waals surface area contributed by atoms with E-state index in [1.165, 1.54) is 30.5 Å². The van der Waals surface area contributed by atoms with Crippen LogP contribution in [0.1, 0.15) is 71.8 Å². The van der Waals surface area contributed by atoms with Gasteiger partial charge in [-0.2, -0.15) is 0 Å². The Balaban J connectivity index is 1.08. The average Bonchev–Trinajstić information content (AvgIpc) is 2.97. The molecular weight excluding hydrogens is 472 g/mol. The van der Waals surface area contributed by atoms with Crippen molar-refractivity contribution in [2.45, 2.75) is 57.8 Å². The van der Waals surface area contributed by atoms with Crippen molar-refractivity contribution in [1.82, 2.24) is 9.88 Å². The van der Waals surface area contributed by atoms with Crippen molar-refractivity contribution >= 4 is 23.2 Å².